The topological polar surface area (TPSA) is 76.7 Å². The van der Waals surface area contributed by atoms with Gasteiger partial charge in [-0.2, -0.15) is 0 Å². The number of ether oxygens (including phenoxy) is 2. The zero-order valence-electron chi connectivity index (χ0n) is 16.7. The maximum Gasteiger partial charge on any atom is 0.255 e. The molecule has 2 aromatic rings. The maximum absolute atomic E-state index is 12.6. The van der Waals surface area contributed by atoms with Crippen LogP contribution in [-0.2, 0) is 4.74 Å². The molecular formula is C22H28N2O4. The van der Waals surface area contributed by atoms with Gasteiger partial charge in [0.2, 0.25) is 0 Å². The Morgan fingerprint density at radius 3 is 2.43 bits per heavy atom. The summed E-state index contributed by atoms with van der Waals surface area (Å²) in [6, 6.07) is 13.9. The van der Waals surface area contributed by atoms with Gasteiger partial charge in [-0.3, -0.25) is 9.59 Å². The number of amides is 2. The van der Waals surface area contributed by atoms with E-state index in [1.54, 1.807) is 55.6 Å². The number of methoxy groups -OCH3 is 1. The summed E-state index contributed by atoms with van der Waals surface area (Å²) in [5.74, 6) is 0.209. The summed E-state index contributed by atoms with van der Waals surface area (Å²) >= 11 is 0. The number of carbonyl (C=O) groups excluding carboxylic acids is 2. The Kier molecular flexibility index (Phi) is 8.49. The molecule has 2 N–H and O–H groups in total. The molecule has 1 unspecified atom stereocenters. The summed E-state index contributed by atoms with van der Waals surface area (Å²) in [6.07, 6.45) is 1.75. The average Bonchev–Trinajstić information content (AvgIpc) is 2.71. The molecule has 2 rings (SSSR count). The Hall–Kier alpha value is -2.86. The van der Waals surface area contributed by atoms with Crippen LogP contribution in [0.3, 0.4) is 0 Å². The summed E-state index contributed by atoms with van der Waals surface area (Å²) in [4.78, 5) is 25.0. The van der Waals surface area contributed by atoms with Crippen molar-refractivity contribution in [1.82, 2.24) is 5.32 Å². The van der Waals surface area contributed by atoms with Crippen molar-refractivity contribution in [2.75, 3.05) is 25.6 Å². The second-order valence-corrected chi connectivity index (χ2v) is 6.46. The van der Waals surface area contributed by atoms with Crippen molar-refractivity contribution in [2.45, 2.75) is 32.8 Å². The molecule has 0 fully saturated rings. The SMILES string of the molecule is CCC(C)Oc1ccc(C(=O)Nc2ccccc2C(=O)NCCCOC)cc1. The minimum Gasteiger partial charge on any atom is -0.491 e. The van der Waals surface area contributed by atoms with E-state index in [2.05, 4.69) is 17.6 Å². The fourth-order valence-corrected chi connectivity index (χ4v) is 2.50. The predicted octanol–water partition coefficient (Wildman–Crippen LogP) is 3.88. The first kappa shape index (κ1) is 21.4. The van der Waals surface area contributed by atoms with Gasteiger partial charge in [0.15, 0.2) is 0 Å². The van der Waals surface area contributed by atoms with Crippen LogP contribution >= 0.6 is 0 Å². The van der Waals surface area contributed by atoms with E-state index in [-0.39, 0.29) is 17.9 Å². The lowest BCUT2D eigenvalue weighted by Crippen LogP contribution is -2.26. The summed E-state index contributed by atoms with van der Waals surface area (Å²) < 4.78 is 10.7. The van der Waals surface area contributed by atoms with Crippen LogP contribution in [0, 0.1) is 0 Å². The molecule has 2 aromatic carbocycles. The average molecular weight is 384 g/mol. The molecule has 2 amide bonds. The molecule has 0 radical (unpaired) electrons. The van der Waals surface area contributed by atoms with Crippen molar-refractivity contribution in [2.24, 2.45) is 0 Å². The maximum atomic E-state index is 12.6. The zero-order valence-corrected chi connectivity index (χ0v) is 16.7. The van der Waals surface area contributed by atoms with Crippen molar-refractivity contribution in [3.05, 3.63) is 59.7 Å². The van der Waals surface area contributed by atoms with E-state index in [1.807, 2.05) is 6.92 Å². The number of anilines is 1. The predicted molar refractivity (Wildman–Crippen MR) is 110 cm³/mol. The molecule has 0 saturated carbocycles. The number of para-hydroxylation sites is 1. The Morgan fingerprint density at radius 1 is 1.04 bits per heavy atom. The van der Waals surface area contributed by atoms with E-state index >= 15 is 0 Å². The number of carbonyl (C=O) groups is 2. The molecule has 0 aromatic heterocycles. The highest BCUT2D eigenvalue weighted by molar-refractivity contribution is 6.09. The Morgan fingerprint density at radius 2 is 1.75 bits per heavy atom. The van der Waals surface area contributed by atoms with Crippen LogP contribution in [-0.4, -0.2) is 38.2 Å². The number of hydrogen-bond donors (Lipinski definition) is 2. The minimum atomic E-state index is -0.283. The molecule has 28 heavy (non-hydrogen) atoms. The van der Waals surface area contributed by atoms with Crippen LogP contribution in [0.25, 0.3) is 0 Å². The quantitative estimate of drug-likeness (QED) is 0.610. The molecule has 0 aliphatic rings. The van der Waals surface area contributed by atoms with E-state index < -0.39 is 0 Å². The highest BCUT2D eigenvalue weighted by atomic mass is 16.5. The second kappa shape index (κ2) is 11.1. The molecule has 6 nitrogen and oxygen atoms in total. The molecule has 0 aliphatic carbocycles. The lowest BCUT2D eigenvalue weighted by molar-refractivity contribution is 0.0949. The Labute approximate surface area is 166 Å². The lowest BCUT2D eigenvalue weighted by Gasteiger charge is -2.13. The van der Waals surface area contributed by atoms with E-state index in [4.69, 9.17) is 9.47 Å². The third kappa shape index (κ3) is 6.39. The Bertz CT molecular complexity index is 774. The summed E-state index contributed by atoms with van der Waals surface area (Å²) in [7, 11) is 1.62. The molecule has 0 saturated heterocycles. The van der Waals surface area contributed by atoms with E-state index in [0.29, 0.717) is 30.0 Å². The number of nitrogens with one attached hydrogen (secondary N) is 2. The van der Waals surface area contributed by atoms with Crippen LogP contribution in [0.2, 0.25) is 0 Å². The van der Waals surface area contributed by atoms with Crippen molar-refractivity contribution in [3.8, 4) is 5.75 Å². The molecule has 0 spiro atoms. The van der Waals surface area contributed by atoms with Crippen LogP contribution in [0.15, 0.2) is 48.5 Å². The normalized spacial score (nSPS) is 11.5. The van der Waals surface area contributed by atoms with Gasteiger partial charge >= 0.3 is 0 Å². The molecule has 1 atom stereocenters. The fourth-order valence-electron chi connectivity index (χ4n) is 2.50. The largest absolute Gasteiger partial charge is 0.491 e. The van der Waals surface area contributed by atoms with Gasteiger partial charge in [-0.1, -0.05) is 19.1 Å². The third-order valence-electron chi connectivity index (χ3n) is 4.26. The van der Waals surface area contributed by atoms with Crippen molar-refractivity contribution >= 4 is 17.5 Å². The van der Waals surface area contributed by atoms with Gasteiger partial charge in [-0.15, -0.1) is 0 Å². The first-order chi connectivity index (χ1) is 13.5. The monoisotopic (exact) mass is 384 g/mol. The molecule has 0 heterocycles. The highest BCUT2D eigenvalue weighted by Gasteiger charge is 2.14. The lowest BCUT2D eigenvalue weighted by atomic mass is 10.1. The van der Waals surface area contributed by atoms with Gasteiger partial charge in [0.05, 0.1) is 17.4 Å². The van der Waals surface area contributed by atoms with Gasteiger partial charge in [0.25, 0.3) is 11.8 Å². The van der Waals surface area contributed by atoms with Crippen LogP contribution in [0.4, 0.5) is 5.69 Å². The zero-order chi connectivity index (χ0) is 20.4. The van der Waals surface area contributed by atoms with Crippen LogP contribution < -0.4 is 15.4 Å². The summed E-state index contributed by atoms with van der Waals surface area (Å²) in [5, 5.41) is 5.65. The van der Waals surface area contributed by atoms with Gasteiger partial charge in [-0.25, -0.2) is 0 Å². The first-order valence-corrected chi connectivity index (χ1v) is 9.49. The van der Waals surface area contributed by atoms with Gasteiger partial charge in [0, 0.05) is 25.8 Å². The molecule has 0 aliphatic heterocycles. The van der Waals surface area contributed by atoms with Gasteiger partial charge in [-0.05, 0) is 56.2 Å². The molecule has 150 valence electrons. The number of hydrogen-bond acceptors (Lipinski definition) is 4. The minimum absolute atomic E-state index is 0.119. The first-order valence-electron chi connectivity index (χ1n) is 9.49. The van der Waals surface area contributed by atoms with Crippen LogP contribution in [0.5, 0.6) is 5.75 Å². The highest BCUT2D eigenvalue weighted by Crippen LogP contribution is 2.18. The number of benzene rings is 2. The van der Waals surface area contributed by atoms with E-state index in [0.717, 1.165) is 18.6 Å². The molecule has 6 heteroatoms. The standard InChI is InChI=1S/C22H28N2O4/c1-4-16(2)28-18-12-10-17(11-13-18)21(25)24-20-9-6-5-8-19(20)22(26)23-14-7-15-27-3/h5-6,8-13,16H,4,7,14-15H2,1-3H3,(H,23,26)(H,24,25). The van der Waals surface area contributed by atoms with Gasteiger partial charge in [0.1, 0.15) is 5.75 Å². The summed E-state index contributed by atoms with van der Waals surface area (Å²) in [6.45, 7) is 5.14. The summed E-state index contributed by atoms with van der Waals surface area (Å²) in [5.41, 5.74) is 1.38. The van der Waals surface area contributed by atoms with Crippen molar-refractivity contribution in [1.29, 1.82) is 0 Å². The third-order valence-corrected chi connectivity index (χ3v) is 4.26. The Balaban J connectivity index is 2.02. The van der Waals surface area contributed by atoms with E-state index in [9.17, 15) is 9.59 Å². The van der Waals surface area contributed by atoms with Gasteiger partial charge < -0.3 is 20.1 Å². The van der Waals surface area contributed by atoms with Crippen LogP contribution in [0.1, 0.15) is 47.4 Å². The number of rotatable bonds is 10. The molecular weight excluding hydrogens is 356 g/mol. The van der Waals surface area contributed by atoms with Crippen molar-refractivity contribution in [3.63, 3.8) is 0 Å². The molecule has 0 bridgehead atoms. The fraction of sp³-hybridized carbons (Fsp3) is 0.364. The van der Waals surface area contributed by atoms with E-state index in [1.165, 1.54) is 0 Å². The second-order valence-electron chi connectivity index (χ2n) is 6.46. The van der Waals surface area contributed by atoms with Crippen molar-refractivity contribution < 1.29 is 19.1 Å². The smallest absolute Gasteiger partial charge is 0.255 e.